The molecule has 106 valence electrons. The van der Waals surface area contributed by atoms with E-state index in [4.69, 9.17) is 4.74 Å². The molecule has 0 unspecified atom stereocenters. The molecule has 0 saturated heterocycles. The van der Waals surface area contributed by atoms with Gasteiger partial charge in [0.25, 0.3) is 0 Å². The summed E-state index contributed by atoms with van der Waals surface area (Å²) in [6.45, 7) is 8.23. The van der Waals surface area contributed by atoms with Gasteiger partial charge in [-0.1, -0.05) is 56.3 Å². The first kappa shape index (κ1) is 15.9. The van der Waals surface area contributed by atoms with E-state index in [0.29, 0.717) is 6.61 Å². The van der Waals surface area contributed by atoms with Gasteiger partial charge >= 0.3 is 0 Å². The molecular formula is C17H27NO. The lowest BCUT2D eigenvalue weighted by molar-refractivity contribution is 0.158. The summed E-state index contributed by atoms with van der Waals surface area (Å²) in [6.07, 6.45) is 6.50. The Kier molecular flexibility index (Phi) is 9.03. The van der Waals surface area contributed by atoms with Crippen LogP contribution in [-0.2, 0) is 4.74 Å². The van der Waals surface area contributed by atoms with Gasteiger partial charge in [-0.05, 0) is 37.4 Å². The fraction of sp³-hybridized carbons (Fsp3) is 0.529. The molecule has 0 radical (unpaired) electrons. The summed E-state index contributed by atoms with van der Waals surface area (Å²) in [5.74, 6) is 0.736. The Morgan fingerprint density at radius 1 is 1.16 bits per heavy atom. The minimum Gasteiger partial charge on any atom is -0.377 e. The molecule has 1 rings (SSSR count). The highest BCUT2D eigenvalue weighted by atomic mass is 16.5. The van der Waals surface area contributed by atoms with E-state index in [2.05, 4.69) is 43.4 Å². The van der Waals surface area contributed by atoms with Crippen molar-refractivity contribution in [3.05, 3.63) is 42.0 Å². The van der Waals surface area contributed by atoms with Crippen LogP contribution in [0.25, 0.3) is 6.08 Å². The molecule has 0 aliphatic rings. The van der Waals surface area contributed by atoms with Gasteiger partial charge in [0.15, 0.2) is 0 Å². The zero-order valence-corrected chi connectivity index (χ0v) is 12.3. The average molecular weight is 261 g/mol. The highest BCUT2D eigenvalue weighted by Crippen LogP contribution is 2.00. The first-order valence-corrected chi connectivity index (χ1v) is 7.29. The Hall–Kier alpha value is -1.12. The molecule has 19 heavy (non-hydrogen) atoms. The largest absolute Gasteiger partial charge is 0.377 e. The standard InChI is InChI=1S/C17H27NO/c1-16(2)15-18-12-6-7-13-19-14-8-11-17-9-4-3-5-10-17/h3-5,8-11,16,18H,6-7,12-15H2,1-2H3/b11-8+. The third kappa shape index (κ3) is 9.46. The number of rotatable bonds is 10. The van der Waals surface area contributed by atoms with Crippen molar-refractivity contribution < 1.29 is 4.74 Å². The summed E-state index contributed by atoms with van der Waals surface area (Å²) in [5.41, 5.74) is 1.23. The Morgan fingerprint density at radius 2 is 1.95 bits per heavy atom. The summed E-state index contributed by atoms with van der Waals surface area (Å²) < 4.78 is 5.57. The molecule has 0 bridgehead atoms. The van der Waals surface area contributed by atoms with Crippen molar-refractivity contribution in [1.82, 2.24) is 5.32 Å². The second-order valence-corrected chi connectivity index (χ2v) is 5.19. The Morgan fingerprint density at radius 3 is 2.68 bits per heavy atom. The van der Waals surface area contributed by atoms with Gasteiger partial charge in [0.2, 0.25) is 0 Å². The zero-order valence-electron chi connectivity index (χ0n) is 12.3. The molecule has 0 aliphatic carbocycles. The maximum absolute atomic E-state index is 5.57. The van der Waals surface area contributed by atoms with Gasteiger partial charge in [-0.25, -0.2) is 0 Å². The van der Waals surface area contributed by atoms with Gasteiger partial charge in [0.1, 0.15) is 0 Å². The van der Waals surface area contributed by atoms with E-state index in [1.165, 1.54) is 12.0 Å². The molecule has 0 amide bonds. The van der Waals surface area contributed by atoms with Crippen LogP contribution < -0.4 is 5.32 Å². The van der Waals surface area contributed by atoms with Crippen LogP contribution in [0.3, 0.4) is 0 Å². The summed E-state index contributed by atoms with van der Waals surface area (Å²) in [7, 11) is 0. The van der Waals surface area contributed by atoms with Gasteiger partial charge in [-0.15, -0.1) is 0 Å². The van der Waals surface area contributed by atoms with Gasteiger partial charge in [-0.2, -0.15) is 0 Å². The van der Waals surface area contributed by atoms with Crippen molar-refractivity contribution in [1.29, 1.82) is 0 Å². The van der Waals surface area contributed by atoms with Crippen LogP contribution in [0.15, 0.2) is 36.4 Å². The molecular weight excluding hydrogens is 234 g/mol. The number of benzene rings is 1. The predicted molar refractivity (Wildman–Crippen MR) is 83.2 cm³/mol. The van der Waals surface area contributed by atoms with Crippen LogP contribution in [0, 0.1) is 5.92 Å². The number of ether oxygens (including phenoxy) is 1. The minimum atomic E-state index is 0.703. The lowest BCUT2D eigenvalue weighted by Crippen LogP contribution is -2.20. The topological polar surface area (TPSA) is 21.3 Å². The average Bonchev–Trinajstić information content (AvgIpc) is 2.42. The Labute approximate surface area is 117 Å². The molecule has 0 aromatic heterocycles. The van der Waals surface area contributed by atoms with E-state index in [1.807, 2.05) is 18.2 Å². The third-order valence-electron chi connectivity index (χ3n) is 2.77. The first-order valence-electron chi connectivity index (χ1n) is 7.29. The highest BCUT2D eigenvalue weighted by molar-refractivity contribution is 5.48. The summed E-state index contributed by atoms with van der Waals surface area (Å²) in [4.78, 5) is 0. The van der Waals surface area contributed by atoms with Crippen LogP contribution in [0.4, 0.5) is 0 Å². The van der Waals surface area contributed by atoms with Crippen molar-refractivity contribution in [3.63, 3.8) is 0 Å². The van der Waals surface area contributed by atoms with Crippen molar-refractivity contribution in [2.75, 3.05) is 26.3 Å². The molecule has 1 N–H and O–H groups in total. The Bertz CT molecular complexity index is 332. The SMILES string of the molecule is CC(C)CNCCCCOC/C=C/c1ccccc1. The first-order chi connectivity index (χ1) is 9.29. The van der Waals surface area contributed by atoms with Crippen molar-refractivity contribution >= 4 is 6.08 Å². The molecule has 0 spiro atoms. The van der Waals surface area contributed by atoms with Crippen molar-refractivity contribution in [3.8, 4) is 0 Å². The van der Waals surface area contributed by atoms with Crippen LogP contribution in [0.5, 0.6) is 0 Å². The smallest absolute Gasteiger partial charge is 0.0650 e. The zero-order chi connectivity index (χ0) is 13.8. The molecule has 0 fully saturated rings. The quantitative estimate of drug-likeness (QED) is 0.648. The summed E-state index contributed by atoms with van der Waals surface area (Å²) in [6, 6.07) is 10.3. The number of nitrogens with one attached hydrogen (secondary N) is 1. The molecule has 2 nitrogen and oxygen atoms in total. The highest BCUT2D eigenvalue weighted by Gasteiger charge is 1.92. The van der Waals surface area contributed by atoms with Crippen LogP contribution in [0.2, 0.25) is 0 Å². The maximum Gasteiger partial charge on any atom is 0.0650 e. The minimum absolute atomic E-state index is 0.703. The van der Waals surface area contributed by atoms with E-state index < -0.39 is 0 Å². The lowest BCUT2D eigenvalue weighted by Gasteiger charge is -2.06. The van der Waals surface area contributed by atoms with Gasteiger partial charge < -0.3 is 10.1 Å². The lowest BCUT2D eigenvalue weighted by atomic mass is 10.2. The van der Waals surface area contributed by atoms with Crippen molar-refractivity contribution in [2.24, 2.45) is 5.92 Å². The summed E-state index contributed by atoms with van der Waals surface area (Å²) >= 11 is 0. The van der Waals surface area contributed by atoms with Crippen LogP contribution in [0.1, 0.15) is 32.3 Å². The monoisotopic (exact) mass is 261 g/mol. The Balaban J connectivity index is 1.90. The molecule has 2 heteroatoms. The van der Waals surface area contributed by atoms with Crippen molar-refractivity contribution in [2.45, 2.75) is 26.7 Å². The second kappa shape index (κ2) is 10.8. The van der Waals surface area contributed by atoms with Gasteiger partial charge in [0, 0.05) is 6.61 Å². The molecule has 0 heterocycles. The third-order valence-corrected chi connectivity index (χ3v) is 2.77. The number of unbranched alkanes of at least 4 members (excludes halogenated alkanes) is 1. The molecule has 0 aliphatic heterocycles. The molecule has 1 aromatic carbocycles. The van der Waals surface area contributed by atoms with Crippen LogP contribution >= 0.6 is 0 Å². The van der Waals surface area contributed by atoms with Crippen LogP contribution in [-0.4, -0.2) is 26.3 Å². The number of hydrogen-bond donors (Lipinski definition) is 1. The predicted octanol–water partition coefficient (Wildman–Crippen LogP) is 3.74. The van der Waals surface area contributed by atoms with E-state index >= 15 is 0 Å². The molecule has 0 saturated carbocycles. The molecule has 0 atom stereocenters. The van der Waals surface area contributed by atoms with Gasteiger partial charge in [0.05, 0.1) is 6.61 Å². The maximum atomic E-state index is 5.57. The fourth-order valence-electron chi connectivity index (χ4n) is 1.74. The summed E-state index contributed by atoms with van der Waals surface area (Å²) in [5, 5.41) is 3.44. The van der Waals surface area contributed by atoms with E-state index in [1.54, 1.807) is 0 Å². The van der Waals surface area contributed by atoms with E-state index in [0.717, 1.165) is 32.0 Å². The van der Waals surface area contributed by atoms with Gasteiger partial charge in [-0.3, -0.25) is 0 Å². The van der Waals surface area contributed by atoms with E-state index in [9.17, 15) is 0 Å². The van der Waals surface area contributed by atoms with E-state index in [-0.39, 0.29) is 0 Å². The normalized spacial score (nSPS) is 11.5. The second-order valence-electron chi connectivity index (χ2n) is 5.19. The number of hydrogen-bond acceptors (Lipinski definition) is 2. The molecule has 1 aromatic rings. The fourth-order valence-corrected chi connectivity index (χ4v) is 1.74.